The van der Waals surface area contributed by atoms with Crippen LogP contribution in [-0.4, -0.2) is 18.7 Å². The van der Waals surface area contributed by atoms with E-state index in [0.29, 0.717) is 0 Å². The fourth-order valence-electron chi connectivity index (χ4n) is 0.308. The van der Waals surface area contributed by atoms with E-state index < -0.39 is 15.9 Å². The van der Waals surface area contributed by atoms with Crippen LogP contribution in [0.3, 0.4) is 0 Å². The second-order valence-corrected chi connectivity index (χ2v) is 3.32. The molecule has 0 rings (SSSR count). The molecule has 0 amide bonds. The fourth-order valence-corrected chi connectivity index (χ4v) is 0.812. The van der Waals surface area contributed by atoms with Crippen LogP contribution in [0.15, 0.2) is 12.2 Å². The molecule has 0 aliphatic rings. The lowest BCUT2D eigenvalue weighted by Crippen LogP contribution is -2.03. The van der Waals surface area contributed by atoms with Crippen molar-refractivity contribution in [3.63, 3.8) is 0 Å². The van der Waals surface area contributed by atoms with Gasteiger partial charge in [0.25, 0.3) is 10.1 Å². The van der Waals surface area contributed by atoms with Crippen LogP contribution in [0, 0.1) is 11.3 Å². The first-order chi connectivity index (χ1) is 4.45. The summed E-state index contributed by atoms with van der Waals surface area (Å²) in [6.07, 6.45) is -0.00463. The minimum absolute atomic E-state index is 0.00463. The molecule has 0 aliphatic heterocycles. The van der Waals surface area contributed by atoms with Crippen molar-refractivity contribution in [2.75, 3.05) is 5.75 Å². The molecular weight excluding hydrogens is 154 g/mol. The summed E-state index contributed by atoms with van der Waals surface area (Å²) in [6, 6.07) is 1.67. The minimum Gasteiger partial charge on any atom is -0.286 e. The van der Waals surface area contributed by atoms with E-state index in [1.54, 1.807) is 6.07 Å². The SMILES string of the molecule is C=C(C#N)CCS(=O)(=O)O. The Bertz CT molecular complexity index is 259. The minimum atomic E-state index is -3.94. The lowest BCUT2D eigenvalue weighted by molar-refractivity contribution is 0.483. The number of allylic oxidation sites excluding steroid dienone is 1. The van der Waals surface area contributed by atoms with Gasteiger partial charge in [-0.2, -0.15) is 13.7 Å². The van der Waals surface area contributed by atoms with Gasteiger partial charge in [0.1, 0.15) is 0 Å². The van der Waals surface area contributed by atoms with Crippen LogP contribution < -0.4 is 0 Å². The fraction of sp³-hybridized carbons (Fsp3) is 0.400. The van der Waals surface area contributed by atoms with Crippen molar-refractivity contribution in [2.45, 2.75) is 6.42 Å². The molecule has 10 heavy (non-hydrogen) atoms. The van der Waals surface area contributed by atoms with Gasteiger partial charge in [-0.15, -0.1) is 0 Å². The van der Waals surface area contributed by atoms with Gasteiger partial charge >= 0.3 is 0 Å². The van der Waals surface area contributed by atoms with Crippen molar-refractivity contribution in [2.24, 2.45) is 0 Å². The maximum absolute atomic E-state index is 10.1. The van der Waals surface area contributed by atoms with E-state index in [1.165, 1.54) is 0 Å². The van der Waals surface area contributed by atoms with Gasteiger partial charge in [0.05, 0.1) is 11.8 Å². The standard InChI is InChI=1S/C5H7NO3S/c1-5(4-6)2-3-10(7,8)9/h1-3H2,(H,7,8,9). The molecule has 4 nitrogen and oxygen atoms in total. The highest BCUT2D eigenvalue weighted by atomic mass is 32.2. The number of rotatable bonds is 3. The van der Waals surface area contributed by atoms with Gasteiger partial charge in [-0.05, 0) is 6.42 Å². The Morgan fingerprint density at radius 2 is 2.20 bits per heavy atom. The van der Waals surface area contributed by atoms with Crippen molar-refractivity contribution >= 4 is 10.1 Å². The molecule has 0 spiro atoms. The van der Waals surface area contributed by atoms with Crippen LogP contribution >= 0.6 is 0 Å². The highest BCUT2D eigenvalue weighted by Crippen LogP contribution is 1.97. The molecule has 0 aromatic rings. The van der Waals surface area contributed by atoms with Crippen molar-refractivity contribution in [3.05, 3.63) is 12.2 Å². The largest absolute Gasteiger partial charge is 0.286 e. The summed E-state index contributed by atoms with van der Waals surface area (Å²) in [5.74, 6) is -0.431. The molecule has 0 aliphatic carbocycles. The van der Waals surface area contributed by atoms with Gasteiger partial charge in [0, 0.05) is 5.57 Å². The average Bonchev–Trinajstić information content (AvgIpc) is 1.81. The van der Waals surface area contributed by atoms with Crippen LogP contribution in [0.1, 0.15) is 6.42 Å². The third-order valence-corrected chi connectivity index (χ3v) is 1.54. The smallest absolute Gasteiger partial charge is 0.265 e. The van der Waals surface area contributed by atoms with E-state index in [0.717, 1.165) is 0 Å². The third kappa shape index (κ3) is 5.28. The molecule has 0 saturated carbocycles. The first kappa shape index (κ1) is 9.14. The summed E-state index contributed by atoms with van der Waals surface area (Å²) >= 11 is 0. The van der Waals surface area contributed by atoms with Crippen molar-refractivity contribution in [1.29, 1.82) is 5.26 Å². The normalized spacial score (nSPS) is 10.4. The predicted octanol–water partition coefficient (Wildman–Crippen LogP) is 0.344. The van der Waals surface area contributed by atoms with Crippen LogP contribution in [-0.2, 0) is 10.1 Å². The predicted molar refractivity (Wildman–Crippen MR) is 35.8 cm³/mol. The lowest BCUT2D eigenvalue weighted by Gasteiger charge is -1.92. The highest BCUT2D eigenvalue weighted by molar-refractivity contribution is 7.85. The zero-order valence-corrected chi connectivity index (χ0v) is 6.06. The first-order valence-electron chi connectivity index (χ1n) is 2.49. The zero-order chi connectivity index (χ0) is 8.20. The summed E-state index contributed by atoms with van der Waals surface area (Å²) in [6.45, 7) is 3.24. The van der Waals surface area contributed by atoms with Gasteiger partial charge in [-0.3, -0.25) is 4.55 Å². The summed E-state index contributed by atoms with van der Waals surface area (Å²) in [4.78, 5) is 0. The molecule has 5 heteroatoms. The maximum atomic E-state index is 10.1. The van der Waals surface area contributed by atoms with E-state index >= 15 is 0 Å². The Hall–Kier alpha value is -0.860. The second-order valence-electron chi connectivity index (χ2n) is 1.75. The second kappa shape index (κ2) is 3.34. The van der Waals surface area contributed by atoms with Gasteiger partial charge in [0.15, 0.2) is 0 Å². The summed E-state index contributed by atoms with van der Waals surface area (Å²) in [7, 11) is -3.94. The Morgan fingerprint density at radius 1 is 1.70 bits per heavy atom. The van der Waals surface area contributed by atoms with Gasteiger partial charge in [-0.1, -0.05) is 6.58 Å². The van der Waals surface area contributed by atoms with E-state index in [9.17, 15) is 8.42 Å². The van der Waals surface area contributed by atoms with Crippen molar-refractivity contribution in [1.82, 2.24) is 0 Å². The summed E-state index contributed by atoms with van der Waals surface area (Å²) in [5, 5.41) is 8.11. The monoisotopic (exact) mass is 161 g/mol. The van der Waals surface area contributed by atoms with Crippen LogP contribution in [0.5, 0.6) is 0 Å². The molecule has 0 radical (unpaired) electrons. The summed E-state index contributed by atoms with van der Waals surface area (Å²) in [5.41, 5.74) is 0.151. The Balaban J connectivity index is 3.82. The topological polar surface area (TPSA) is 78.2 Å². The molecular formula is C5H7NO3S. The number of nitriles is 1. The average molecular weight is 161 g/mol. The van der Waals surface area contributed by atoms with E-state index in [4.69, 9.17) is 9.81 Å². The number of nitrogens with zero attached hydrogens (tertiary/aromatic N) is 1. The van der Waals surface area contributed by atoms with Crippen molar-refractivity contribution < 1.29 is 13.0 Å². The zero-order valence-electron chi connectivity index (χ0n) is 5.24. The molecule has 0 aromatic heterocycles. The van der Waals surface area contributed by atoms with E-state index in [-0.39, 0.29) is 12.0 Å². The molecule has 0 atom stereocenters. The number of hydrogen-bond acceptors (Lipinski definition) is 3. The molecule has 0 unspecified atom stereocenters. The molecule has 0 fully saturated rings. The lowest BCUT2D eigenvalue weighted by atomic mass is 10.3. The Kier molecular flexibility index (Phi) is 3.06. The van der Waals surface area contributed by atoms with Crippen LogP contribution in [0.4, 0.5) is 0 Å². The van der Waals surface area contributed by atoms with E-state index in [1.807, 2.05) is 0 Å². The van der Waals surface area contributed by atoms with Gasteiger partial charge in [-0.25, -0.2) is 0 Å². The molecule has 0 aromatic carbocycles. The molecule has 56 valence electrons. The first-order valence-corrected chi connectivity index (χ1v) is 4.09. The molecule has 0 bridgehead atoms. The van der Waals surface area contributed by atoms with E-state index in [2.05, 4.69) is 6.58 Å². The third-order valence-electron chi connectivity index (χ3n) is 0.820. The number of hydrogen-bond donors (Lipinski definition) is 1. The Morgan fingerprint density at radius 3 is 2.50 bits per heavy atom. The summed E-state index contributed by atoms with van der Waals surface area (Å²) < 4.78 is 28.3. The molecule has 1 N–H and O–H groups in total. The van der Waals surface area contributed by atoms with Gasteiger partial charge < -0.3 is 0 Å². The molecule has 0 heterocycles. The maximum Gasteiger partial charge on any atom is 0.265 e. The van der Waals surface area contributed by atoms with Crippen LogP contribution in [0.2, 0.25) is 0 Å². The molecule has 0 saturated heterocycles. The van der Waals surface area contributed by atoms with Gasteiger partial charge in [0.2, 0.25) is 0 Å². The highest BCUT2D eigenvalue weighted by Gasteiger charge is 2.04. The quantitative estimate of drug-likeness (QED) is 0.478. The Labute approximate surface area is 59.5 Å². The van der Waals surface area contributed by atoms with Crippen molar-refractivity contribution in [3.8, 4) is 6.07 Å². The van der Waals surface area contributed by atoms with Crippen LogP contribution in [0.25, 0.3) is 0 Å².